The van der Waals surface area contributed by atoms with Gasteiger partial charge >= 0.3 is 6.61 Å². The van der Waals surface area contributed by atoms with E-state index >= 15 is 0 Å². The summed E-state index contributed by atoms with van der Waals surface area (Å²) in [5.74, 6) is 0.559. The van der Waals surface area contributed by atoms with Gasteiger partial charge in [-0.05, 0) is 52.2 Å². The lowest BCUT2D eigenvalue weighted by atomic mass is 9.91. The molecule has 0 aliphatic heterocycles. The van der Waals surface area contributed by atoms with Crippen LogP contribution in [0.5, 0.6) is 5.75 Å². The zero-order chi connectivity index (χ0) is 15.8. The Morgan fingerprint density at radius 1 is 1.38 bits per heavy atom. The molecule has 6 heteroatoms. The molecule has 0 radical (unpaired) electrons. The van der Waals surface area contributed by atoms with Gasteiger partial charge in [0.2, 0.25) is 0 Å². The number of halogens is 4. The van der Waals surface area contributed by atoms with Crippen LogP contribution in [0, 0.1) is 11.3 Å². The van der Waals surface area contributed by atoms with Gasteiger partial charge < -0.3 is 10.1 Å². The van der Waals surface area contributed by atoms with Crippen LogP contribution in [0.15, 0.2) is 16.6 Å². The van der Waals surface area contributed by atoms with Gasteiger partial charge in [-0.25, -0.2) is 0 Å². The molecule has 2 atom stereocenters. The molecule has 1 aromatic rings. The summed E-state index contributed by atoms with van der Waals surface area (Å²) in [6.07, 6.45) is 2.07. The number of nitrogens with one attached hydrogen (secondary N) is 1. The van der Waals surface area contributed by atoms with Gasteiger partial charge in [0, 0.05) is 11.1 Å². The maximum Gasteiger partial charge on any atom is 0.387 e. The zero-order valence-corrected chi connectivity index (χ0v) is 14.6. The second-order valence-corrected chi connectivity index (χ2v) is 7.73. The maximum atomic E-state index is 12.6. The summed E-state index contributed by atoms with van der Waals surface area (Å²) < 4.78 is 30.2. The van der Waals surface area contributed by atoms with Crippen LogP contribution in [0.25, 0.3) is 0 Å². The van der Waals surface area contributed by atoms with E-state index in [0.29, 0.717) is 21.1 Å². The third-order valence-electron chi connectivity index (χ3n) is 3.89. The van der Waals surface area contributed by atoms with Gasteiger partial charge in [-0.3, -0.25) is 0 Å². The monoisotopic (exact) mass is 381 g/mol. The smallest absolute Gasteiger partial charge is 0.387 e. The Labute approximate surface area is 137 Å². The molecule has 21 heavy (non-hydrogen) atoms. The minimum absolute atomic E-state index is 0.103. The van der Waals surface area contributed by atoms with E-state index in [2.05, 4.69) is 46.8 Å². The van der Waals surface area contributed by atoms with Gasteiger partial charge in [0.25, 0.3) is 0 Å². The Morgan fingerprint density at radius 2 is 2.05 bits per heavy atom. The topological polar surface area (TPSA) is 21.3 Å². The van der Waals surface area contributed by atoms with Crippen LogP contribution in [0.2, 0.25) is 5.02 Å². The molecule has 1 aliphatic carbocycles. The number of ether oxygens (including phenoxy) is 1. The fourth-order valence-corrected chi connectivity index (χ4v) is 4.07. The molecule has 2 nitrogen and oxygen atoms in total. The SMILES string of the molecule is CC1CC(C)(C)CC1Nc1cc(Cl)cc(Br)c1OC(F)F. The third kappa shape index (κ3) is 4.22. The lowest BCUT2D eigenvalue weighted by molar-refractivity contribution is -0.0499. The number of hydrogen-bond donors (Lipinski definition) is 1. The molecule has 0 spiro atoms. The van der Waals surface area contributed by atoms with E-state index in [1.807, 2.05) is 0 Å². The van der Waals surface area contributed by atoms with Crippen LogP contribution in [0.3, 0.4) is 0 Å². The van der Waals surface area contributed by atoms with E-state index in [4.69, 9.17) is 11.6 Å². The summed E-state index contributed by atoms with van der Waals surface area (Å²) in [6.45, 7) is 3.73. The van der Waals surface area contributed by atoms with Crippen molar-refractivity contribution in [2.75, 3.05) is 5.32 Å². The lowest BCUT2D eigenvalue weighted by Gasteiger charge is -2.22. The summed E-state index contributed by atoms with van der Waals surface area (Å²) in [5, 5.41) is 3.80. The maximum absolute atomic E-state index is 12.6. The molecule has 0 aromatic heterocycles. The predicted octanol–water partition coefficient (Wildman–Crippen LogP) is 5.94. The Kier molecular flexibility index (Phi) is 5.03. The molecule has 0 heterocycles. The second kappa shape index (κ2) is 6.29. The Balaban J connectivity index is 2.26. The minimum atomic E-state index is -2.87. The van der Waals surface area contributed by atoms with Crippen LogP contribution in [-0.4, -0.2) is 12.7 Å². The van der Waals surface area contributed by atoms with Gasteiger partial charge in [0.05, 0.1) is 10.2 Å². The molecule has 2 unspecified atom stereocenters. The van der Waals surface area contributed by atoms with Crippen LogP contribution >= 0.6 is 27.5 Å². The van der Waals surface area contributed by atoms with E-state index in [1.54, 1.807) is 12.1 Å². The first-order chi connectivity index (χ1) is 9.68. The van der Waals surface area contributed by atoms with Crippen molar-refractivity contribution in [3.8, 4) is 5.75 Å². The van der Waals surface area contributed by atoms with Gasteiger partial charge in [0.1, 0.15) is 0 Å². The summed E-state index contributed by atoms with van der Waals surface area (Å²) in [7, 11) is 0. The van der Waals surface area contributed by atoms with E-state index < -0.39 is 6.61 Å². The highest BCUT2D eigenvalue weighted by Crippen LogP contribution is 2.44. The molecule has 1 aromatic carbocycles. The third-order valence-corrected chi connectivity index (χ3v) is 4.70. The first-order valence-electron chi connectivity index (χ1n) is 6.88. The Bertz CT molecular complexity index is 525. The number of alkyl halides is 2. The standard InChI is InChI=1S/C15H19BrClF2NO/c1-8-6-15(2,3)7-12(8)20-11-5-9(17)4-10(16)13(11)21-14(18)19/h4-5,8,12,14,20H,6-7H2,1-3H3. The molecule has 0 amide bonds. The van der Waals surface area contributed by atoms with Crippen LogP contribution in [-0.2, 0) is 0 Å². The van der Waals surface area contributed by atoms with Crippen LogP contribution < -0.4 is 10.1 Å². The summed E-state index contributed by atoms with van der Waals surface area (Å²) in [4.78, 5) is 0. The van der Waals surface area contributed by atoms with Crippen molar-refractivity contribution in [1.29, 1.82) is 0 Å². The average Bonchev–Trinajstić information content (AvgIpc) is 2.56. The molecule has 1 fully saturated rings. The van der Waals surface area contributed by atoms with Crippen molar-refractivity contribution in [2.45, 2.75) is 46.3 Å². The van der Waals surface area contributed by atoms with Gasteiger partial charge in [-0.15, -0.1) is 0 Å². The van der Waals surface area contributed by atoms with Crippen molar-refractivity contribution in [3.05, 3.63) is 21.6 Å². The number of rotatable bonds is 4. The molecule has 0 saturated heterocycles. The molecular weight excluding hydrogens is 364 g/mol. The van der Waals surface area contributed by atoms with E-state index in [-0.39, 0.29) is 17.2 Å². The predicted molar refractivity (Wildman–Crippen MR) is 85.4 cm³/mol. The molecular formula is C15H19BrClF2NO. The quantitative estimate of drug-likeness (QED) is 0.695. The van der Waals surface area contributed by atoms with Crippen molar-refractivity contribution >= 4 is 33.2 Å². The fourth-order valence-electron chi connectivity index (χ4n) is 3.16. The van der Waals surface area contributed by atoms with Crippen LogP contribution in [0.1, 0.15) is 33.6 Å². The van der Waals surface area contributed by atoms with Crippen molar-refractivity contribution in [3.63, 3.8) is 0 Å². The van der Waals surface area contributed by atoms with Crippen LogP contribution in [0.4, 0.5) is 14.5 Å². The number of benzene rings is 1. The molecule has 1 N–H and O–H groups in total. The summed E-state index contributed by atoms with van der Waals surface area (Å²) >= 11 is 9.25. The Morgan fingerprint density at radius 3 is 2.57 bits per heavy atom. The van der Waals surface area contributed by atoms with Gasteiger partial charge in [-0.2, -0.15) is 8.78 Å². The highest BCUT2D eigenvalue weighted by Gasteiger charge is 2.37. The van der Waals surface area contributed by atoms with E-state index in [9.17, 15) is 8.78 Å². The van der Waals surface area contributed by atoms with Gasteiger partial charge in [-0.1, -0.05) is 32.4 Å². The largest absolute Gasteiger partial charge is 0.431 e. The molecule has 1 saturated carbocycles. The molecule has 0 bridgehead atoms. The summed E-state index contributed by atoms with van der Waals surface area (Å²) in [6, 6.07) is 3.39. The van der Waals surface area contributed by atoms with Crippen molar-refractivity contribution < 1.29 is 13.5 Å². The number of anilines is 1. The highest BCUT2D eigenvalue weighted by atomic mass is 79.9. The molecule has 118 valence electrons. The van der Waals surface area contributed by atoms with Crippen molar-refractivity contribution in [2.24, 2.45) is 11.3 Å². The minimum Gasteiger partial charge on any atom is -0.431 e. The zero-order valence-electron chi connectivity index (χ0n) is 12.2. The van der Waals surface area contributed by atoms with E-state index in [1.165, 1.54) is 0 Å². The van der Waals surface area contributed by atoms with Crippen molar-refractivity contribution in [1.82, 2.24) is 0 Å². The fraction of sp³-hybridized carbons (Fsp3) is 0.600. The average molecular weight is 383 g/mol. The van der Waals surface area contributed by atoms with E-state index in [0.717, 1.165) is 12.8 Å². The molecule has 1 aliphatic rings. The highest BCUT2D eigenvalue weighted by molar-refractivity contribution is 9.10. The Hall–Kier alpha value is -0.550. The first-order valence-corrected chi connectivity index (χ1v) is 8.05. The molecule has 2 rings (SSSR count). The summed E-state index contributed by atoms with van der Waals surface area (Å²) in [5.41, 5.74) is 0.751. The first kappa shape index (κ1) is 16.8. The van der Waals surface area contributed by atoms with Gasteiger partial charge in [0.15, 0.2) is 5.75 Å². The number of hydrogen-bond acceptors (Lipinski definition) is 2. The second-order valence-electron chi connectivity index (χ2n) is 6.44. The normalized spacial score (nSPS) is 24.4. The lowest BCUT2D eigenvalue weighted by Crippen LogP contribution is -2.23.